The van der Waals surface area contributed by atoms with Crippen LogP contribution >= 0.6 is 0 Å². The van der Waals surface area contributed by atoms with Gasteiger partial charge < -0.3 is 14.2 Å². The monoisotopic (exact) mass is 375 g/mol. The van der Waals surface area contributed by atoms with E-state index < -0.39 is 10.0 Å². The number of benzene rings is 2. The van der Waals surface area contributed by atoms with Gasteiger partial charge in [-0.05, 0) is 42.3 Å². The molecule has 0 bridgehead atoms. The predicted molar refractivity (Wildman–Crippen MR) is 100.0 cm³/mol. The Kier molecular flexibility index (Phi) is 4.82. The van der Waals surface area contributed by atoms with Crippen molar-refractivity contribution in [1.29, 1.82) is 0 Å². The SMILES string of the molecule is CCc1cn(S(=O)(=O)c2ccc(OC)cc2)c2cc(OC)c(OC)cc12. The van der Waals surface area contributed by atoms with Gasteiger partial charge in [-0.2, -0.15) is 0 Å². The molecule has 0 spiro atoms. The van der Waals surface area contributed by atoms with Gasteiger partial charge in [0.1, 0.15) is 5.75 Å². The van der Waals surface area contributed by atoms with E-state index in [9.17, 15) is 8.42 Å². The lowest BCUT2D eigenvalue weighted by atomic mass is 10.1. The standard InChI is InChI=1S/C19H21NO5S/c1-5-13-12-20(17-11-19(25-4)18(24-3)10-16(13)17)26(21,22)15-8-6-14(23-2)7-9-15/h6-12H,5H2,1-4H3. The van der Waals surface area contributed by atoms with E-state index in [2.05, 4.69) is 0 Å². The van der Waals surface area contributed by atoms with Crippen molar-refractivity contribution >= 4 is 20.9 Å². The first-order valence-corrected chi connectivity index (χ1v) is 9.55. The van der Waals surface area contributed by atoms with Crippen LogP contribution in [0.1, 0.15) is 12.5 Å². The average molecular weight is 375 g/mol. The van der Waals surface area contributed by atoms with Gasteiger partial charge >= 0.3 is 0 Å². The summed E-state index contributed by atoms with van der Waals surface area (Å²) in [4.78, 5) is 0.188. The minimum absolute atomic E-state index is 0.188. The van der Waals surface area contributed by atoms with E-state index in [0.717, 1.165) is 10.9 Å². The number of rotatable bonds is 6. The first-order valence-electron chi connectivity index (χ1n) is 8.11. The van der Waals surface area contributed by atoms with E-state index in [1.807, 2.05) is 13.0 Å². The van der Waals surface area contributed by atoms with E-state index in [-0.39, 0.29) is 4.90 Å². The molecule has 0 unspecified atom stereocenters. The maximum absolute atomic E-state index is 13.2. The van der Waals surface area contributed by atoms with Crippen LogP contribution in [0.4, 0.5) is 0 Å². The summed E-state index contributed by atoms with van der Waals surface area (Å²) in [6.07, 6.45) is 2.35. The molecule has 3 rings (SSSR count). The fraction of sp³-hybridized carbons (Fsp3) is 0.263. The molecule has 0 N–H and O–H groups in total. The molecule has 2 aromatic carbocycles. The van der Waals surface area contributed by atoms with Crippen LogP contribution in [0.3, 0.4) is 0 Å². The molecule has 0 saturated heterocycles. The molecule has 138 valence electrons. The molecule has 0 aliphatic rings. The minimum Gasteiger partial charge on any atom is -0.497 e. The van der Waals surface area contributed by atoms with E-state index >= 15 is 0 Å². The molecule has 0 amide bonds. The topological polar surface area (TPSA) is 66.8 Å². The summed E-state index contributed by atoms with van der Waals surface area (Å²) in [5.41, 5.74) is 1.47. The molecule has 0 atom stereocenters. The van der Waals surface area contributed by atoms with Crippen molar-refractivity contribution < 1.29 is 22.6 Å². The van der Waals surface area contributed by atoms with Crippen LogP contribution in [0.15, 0.2) is 47.5 Å². The second-order valence-corrected chi connectivity index (χ2v) is 7.52. The normalized spacial score (nSPS) is 11.5. The summed E-state index contributed by atoms with van der Waals surface area (Å²) in [6, 6.07) is 9.83. The molecule has 0 aliphatic heterocycles. The molecule has 1 aromatic heterocycles. The summed E-state index contributed by atoms with van der Waals surface area (Å²) in [6.45, 7) is 1.98. The number of methoxy groups -OCH3 is 3. The highest BCUT2D eigenvalue weighted by Crippen LogP contribution is 2.36. The Morgan fingerprint density at radius 3 is 2.08 bits per heavy atom. The maximum Gasteiger partial charge on any atom is 0.268 e. The van der Waals surface area contributed by atoms with Gasteiger partial charge in [-0.25, -0.2) is 12.4 Å². The number of aryl methyl sites for hydroxylation is 1. The second kappa shape index (κ2) is 6.92. The number of hydrogen-bond acceptors (Lipinski definition) is 5. The largest absolute Gasteiger partial charge is 0.497 e. The Morgan fingerprint density at radius 1 is 0.923 bits per heavy atom. The van der Waals surface area contributed by atoms with Crippen LogP contribution in [0.2, 0.25) is 0 Å². The molecule has 1 heterocycles. The lowest BCUT2D eigenvalue weighted by molar-refractivity contribution is 0.356. The van der Waals surface area contributed by atoms with Crippen molar-refractivity contribution in [3.63, 3.8) is 0 Å². The van der Waals surface area contributed by atoms with E-state index in [4.69, 9.17) is 14.2 Å². The minimum atomic E-state index is -3.76. The summed E-state index contributed by atoms with van der Waals surface area (Å²) < 4.78 is 43.5. The predicted octanol–water partition coefficient (Wildman–Crippen LogP) is 3.47. The highest BCUT2D eigenvalue weighted by atomic mass is 32.2. The van der Waals surface area contributed by atoms with Crippen LogP contribution < -0.4 is 14.2 Å². The molecule has 0 aliphatic carbocycles. The summed E-state index contributed by atoms with van der Waals surface area (Å²) in [5, 5.41) is 0.822. The number of fused-ring (bicyclic) bond motifs is 1. The zero-order valence-electron chi connectivity index (χ0n) is 15.1. The van der Waals surface area contributed by atoms with Crippen LogP contribution in [0.25, 0.3) is 10.9 Å². The van der Waals surface area contributed by atoms with Crippen molar-refractivity contribution in [3.8, 4) is 17.2 Å². The molecular weight excluding hydrogens is 354 g/mol. The number of hydrogen-bond donors (Lipinski definition) is 0. The van der Waals surface area contributed by atoms with Crippen LogP contribution in [0, 0.1) is 0 Å². The van der Waals surface area contributed by atoms with Crippen molar-refractivity contribution in [2.24, 2.45) is 0 Å². The molecule has 0 radical (unpaired) electrons. The van der Waals surface area contributed by atoms with E-state index in [1.165, 1.54) is 30.3 Å². The van der Waals surface area contributed by atoms with Gasteiger partial charge in [0.2, 0.25) is 0 Å². The highest BCUT2D eigenvalue weighted by molar-refractivity contribution is 7.90. The van der Waals surface area contributed by atoms with E-state index in [1.54, 1.807) is 31.5 Å². The number of nitrogens with zero attached hydrogens (tertiary/aromatic N) is 1. The maximum atomic E-state index is 13.2. The Labute approximate surface area is 153 Å². The van der Waals surface area contributed by atoms with Crippen LogP contribution in [0.5, 0.6) is 17.2 Å². The van der Waals surface area contributed by atoms with Gasteiger partial charge in [0.15, 0.2) is 11.5 Å². The van der Waals surface area contributed by atoms with Crippen molar-refractivity contribution in [2.45, 2.75) is 18.2 Å². The third-order valence-corrected chi connectivity index (χ3v) is 6.04. The van der Waals surface area contributed by atoms with Gasteiger partial charge in [-0.1, -0.05) is 6.92 Å². The smallest absolute Gasteiger partial charge is 0.268 e. The molecular formula is C19H21NO5S. The van der Waals surface area contributed by atoms with Crippen molar-refractivity contribution in [1.82, 2.24) is 3.97 Å². The molecule has 0 fully saturated rings. The zero-order chi connectivity index (χ0) is 18.9. The fourth-order valence-electron chi connectivity index (χ4n) is 2.93. The Hall–Kier alpha value is -2.67. The lowest BCUT2D eigenvalue weighted by Gasteiger charge is -2.11. The Balaban J connectivity index is 2.25. The van der Waals surface area contributed by atoms with Gasteiger partial charge in [-0.15, -0.1) is 0 Å². The summed E-state index contributed by atoms with van der Waals surface area (Å²) >= 11 is 0. The zero-order valence-corrected chi connectivity index (χ0v) is 16.0. The third kappa shape index (κ3) is 2.88. The summed E-state index contributed by atoms with van der Waals surface area (Å²) in [7, 11) is 0.858. The van der Waals surface area contributed by atoms with Crippen molar-refractivity contribution in [2.75, 3.05) is 21.3 Å². The first kappa shape index (κ1) is 18.1. The molecule has 7 heteroatoms. The third-order valence-electron chi connectivity index (χ3n) is 4.36. The Bertz CT molecular complexity index is 1040. The quantitative estimate of drug-likeness (QED) is 0.660. The lowest BCUT2D eigenvalue weighted by Crippen LogP contribution is -2.12. The molecule has 3 aromatic rings. The number of ether oxygens (including phenoxy) is 3. The highest BCUT2D eigenvalue weighted by Gasteiger charge is 2.22. The molecule has 26 heavy (non-hydrogen) atoms. The fourth-order valence-corrected chi connectivity index (χ4v) is 4.31. The second-order valence-electron chi connectivity index (χ2n) is 5.71. The van der Waals surface area contributed by atoms with Gasteiger partial charge in [0.25, 0.3) is 10.0 Å². The molecule has 6 nitrogen and oxygen atoms in total. The molecule has 0 saturated carbocycles. The van der Waals surface area contributed by atoms with Gasteiger partial charge in [0, 0.05) is 17.6 Å². The van der Waals surface area contributed by atoms with Crippen molar-refractivity contribution in [3.05, 3.63) is 48.2 Å². The summed E-state index contributed by atoms with van der Waals surface area (Å²) in [5.74, 6) is 1.64. The van der Waals surface area contributed by atoms with Crippen LogP contribution in [-0.2, 0) is 16.4 Å². The first-order chi connectivity index (χ1) is 12.5. The van der Waals surface area contributed by atoms with Gasteiger partial charge in [-0.3, -0.25) is 0 Å². The van der Waals surface area contributed by atoms with Gasteiger partial charge in [0.05, 0.1) is 31.7 Å². The number of aromatic nitrogens is 1. The van der Waals surface area contributed by atoms with Crippen LogP contribution in [-0.4, -0.2) is 33.7 Å². The van der Waals surface area contributed by atoms with E-state index in [0.29, 0.717) is 29.2 Å². The average Bonchev–Trinajstić information content (AvgIpc) is 3.05. The Morgan fingerprint density at radius 2 is 1.54 bits per heavy atom.